The highest BCUT2D eigenvalue weighted by molar-refractivity contribution is 8.03. The molecule has 0 radical (unpaired) electrons. The van der Waals surface area contributed by atoms with Crippen LogP contribution in [0.4, 0.5) is 0 Å². The van der Waals surface area contributed by atoms with E-state index in [4.69, 9.17) is 5.26 Å². The molecule has 0 spiro atoms. The number of nitriles is 1. The zero-order valence-corrected chi connectivity index (χ0v) is 9.66. The van der Waals surface area contributed by atoms with Crippen molar-refractivity contribution in [1.82, 2.24) is 0 Å². The van der Waals surface area contributed by atoms with Crippen LogP contribution in [0.15, 0.2) is 35.9 Å². The van der Waals surface area contributed by atoms with Crippen molar-refractivity contribution in [3.63, 3.8) is 0 Å². The number of carbonyl (C=O) groups is 1. The molecule has 3 nitrogen and oxygen atoms in total. The Morgan fingerprint density at radius 3 is 2.75 bits per heavy atom. The highest BCUT2D eigenvalue weighted by Gasteiger charge is 2.09. The third-order valence-corrected chi connectivity index (χ3v) is 2.46. The number of esters is 1. The summed E-state index contributed by atoms with van der Waals surface area (Å²) in [6.45, 7) is 0. The first kappa shape index (κ1) is 12.3. The summed E-state index contributed by atoms with van der Waals surface area (Å²) in [4.78, 5) is 11.4. The summed E-state index contributed by atoms with van der Waals surface area (Å²) in [6.07, 6.45) is 1.73. The van der Waals surface area contributed by atoms with Crippen LogP contribution in [0.25, 0.3) is 6.08 Å². The van der Waals surface area contributed by atoms with Crippen molar-refractivity contribution in [3.05, 3.63) is 41.5 Å². The van der Waals surface area contributed by atoms with Crippen LogP contribution >= 0.6 is 11.8 Å². The monoisotopic (exact) mass is 233 g/mol. The number of methoxy groups -OCH3 is 1. The fourth-order valence-electron chi connectivity index (χ4n) is 1.15. The van der Waals surface area contributed by atoms with Gasteiger partial charge in [0.05, 0.1) is 7.11 Å². The van der Waals surface area contributed by atoms with Crippen LogP contribution in [0.3, 0.4) is 0 Å². The Kier molecular flexibility index (Phi) is 5.17. The minimum atomic E-state index is -0.397. The summed E-state index contributed by atoms with van der Waals surface area (Å²) in [7, 11) is 1.33. The lowest BCUT2D eigenvalue weighted by Crippen LogP contribution is -2.06. The van der Waals surface area contributed by atoms with Crippen molar-refractivity contribution in [2.75, 3.05) is 12.9 Å². The molecule has 0 aliphatic heterocycles. The first-order chi connectivity index (χ1) is 7.77. The summed E-state index contributed by atoms with van der Waals surface area (Å²) < 4.78 is 4.65. The van der Waals surface area contributed by atoms with Gasteiger partial charge in [-0.25, -0.2) is 4.79 Å². The maximum absolute atomic E-state index is 11.4. The van der Waals surface area contributed by atoms with Crippen LogP contribution in [-0.4, -0.2) is 18.8 Å². The number of thioether (sulfide) groups is 1. The molecule has 0 heterocycles. The van der Waals surface area contributed by atoms with Gasteiger partial charge < -0.3 is 4.74 Å². The second kappa shape index (κ2) is 6.70. The fraction of sp³-hybridized carbons (Fsp3) is 0.167. The molecular weight excluding hydrogens is 222 g/mol. The van der Waals surface area contributed by atoms with Crippen LogP contribution in [0.5, 0.6) is 0 Å². The first-order valence-corrected chi connectivity index (χ1v) is 5.61. The molecular formula is C12H11NO2S. The number of carbonyl (C=O) groups excluding carboxylic acids is 1. The maximum atomic E-state index is 11.4. The van der Waals surface area contributed by atoms with E-state index in [0.717, 1.165) is 17.3 Å². The second-order valence-corrected chi connectivity index (χ2v) is 3.71. The minimum absolute atomic E-state index is 0.331. The first-order valence-electron chi connectivity index (χ1n) is 4.62. The molecule has 1 aromatic rings. The van der Waals surface area contributed by atoms with Crippen molar-refractivity contribution >= 4 is 23.8 Å². The Balaban J connectivity index is 2.88. The Morgan fingerprint density at radius 2 is 2.19 bits per heavy atom. The molecule has 0 saturated heterocycles. The molecule has 0 atom stereocenters. The third-order valence-electron chi connectivity index (χ3n) is 1.88. The summed E-state index contributed by atoms with van der Waals surface area (Å²) in [6, 6.07) is 9.45. The Labute approximate surface area is 98.7 Å². The topological polar surface area (TPSA) is 50.1 Å². The smallest absolute Gasteiger partial charge is 0.334 e. The van der Waals surface area contributed by atoms with Crippen molar-refractivity contribution in [2.45, 2.75) is 0 Å². The summed E-state index contributed by atoms with van der Waals surface area (Å²) in [5, 5.41) is 10.4. The van der Waals surface area contributed by atoms with Crippen LogP contribution in [0.2, 0.25) is 0 Å². The molecule has 0 N–H and O–H groups in total. The standard InChI is InChI=1S/C12H11NO2S/c1-15-12(14)11(8-16-9-13)7-10-5-3-2-4-6-10/h2-7H,8H2,1H3/b11-7+. The average molecular weight is 233 g/mol. The Hall–Kier alpha value is -1.73. The summed E-state index contributed by atoms with van der Waals surface area (Å²) >= 11 is 1.02. The number of hydrogen-bond acceptors (Lipinski definition) is 4. The van der Waals surface area contributed by atoms with E-state index in [0.29, 0.717) is 11.3 Å². The van der Waals surface area contributed by atoms with Crippen LogP contribution < -0.4 is 0 Å². The Bertz CT molecular complexity index is 420. The second-order valence-electron chi connectivity index (χ2n) is 2.95. The number of hydrogen-bond donors (Lipinski definition) is 0. The number of rotatable bonds is 4. The van der Waals surface area contributed by atoms with Gasteiger partial charge in [0.2, 0.25) is 0 Å². The molecule has 0 aliphatic rings. The molecule has 0 unspecified atom stereocenters. The number of benzene rings is 1. The number of thiocyanates is 1. The van der Waals surface area contributed by atoms with E-state index >= 15 is 0 Å². The van der Waals surface area contributed by atoms with E-state index in [1.165, 1.54) is 7.11 Å². The lowest BCUT2D eigenvalue weighted by atomic mass is 10.1. The van der Waals surface area contributed by atoms with Crippen molar-refractivity contribution < 1.29 is 9.53 Å². The van der Waals surface area contributed by atoms with Gasteiger partial charge >= 0.3 is 5.97 Å². The lowest BCUT2D eigenvalue weighted by Gasteiger charge is -2.02. The van der Waals surface area contributed by atoms with Gasteiger partial charge in [-0.05, 0) is 23.4 Å². The summed E-state index contributed by atoms with van der Waals surface area (Å²) in [5.41, 5.74) is 1.40. The van der Waals surface area contributed by atoms with Gasteiger partial charge in [0.15, 0.2) is 0 Å². The van der Waals surface area contributed by atoms with E-state index in [1.54, 1.807) is 6.08 Å². The largest absolute Gasteiger partial charge is 0.466 e. The quantitative estimate of drug-likeness (QED) is 0.455. The van der Waals surface area contributed by atoms with Crippen molar-refractivity contribution in [1.29, 1.82) is 5.26 Å². The molecule has 0 aromatic heterocycles. The molecule has 0 bridgehead atoms. The SMILES string of the molecule is COC(=O)/C(=C/c1ccccc1)CSC#N. The molecule has 1 aromatic carbocycles. The van der Waals surface area contributed by atoms with Gasteiger partial charge in [-0.1, -0.05) is 30.3 Å². The molecule has 0 saturated carbocycles. The highest BCUT2D eigenvalue weighted by atomic mass is 32.2. The molecule has 4 heteroatoms. The lowest BCUT2D eigenvalue weighted by molar-refractivity contribution is -0.135. The van der Waals surface area contributed by atoms with Gasteiger partial charge in [-0.3, -0.25) is 0 Å². The van der Waals surface area contributed by atoms with Gasteiger partial charge in [0.1, 0.15) is 5.40 Å². The van der Waals surface area contributed by atoms with E-state index < -0.39 is 5.97 Å². The van der Waals surface area contributed by atoms with Gasteiger partial charge in [-0.2, -0.15) is 5.26 Å². The Morgan fingerprint density at radius 1 is 1.50 bits per heavy atom. The number of ether oxygens (including phenoxy) is 1. The van der Waals surface area contributed by atoms with Gasteiger partial charge in [0.25, 0.3) is 0 Å². The maximum Gasteiger partial charge on any atom is 0.334 e. The van der Waals surface area contributed by atoms with Crippen LogP contribution in [-0.2, 0) is 9.53 Å². The van der Waals surface area contributed by atoms with E-state index in [9.17, 15) is 4.79 Å². The molecule has 16 heavy (non-hydrogen) atoms. The molecule has 0 aliphatic carbocycles. The fourth-order valence-corrected chi connectivity index (χ4v) is 1.57. The zero-order chi connectivity index (χ0) is 11.8. The molecule has 0 amide bonds. The summed E-state index contributed by atoms with van der Waals surface area (Å²) in [5.74, 6) is -0.0652. The minimum Gasteiger partial charge on any atom is -0.466 e. The van der Waals surface area contributed by atoms with E-state index in [2.05, 4.69) is 4.74 Å². The average Bonchev–Trinajstić information content (AvgIpc) is 2.34. The van der Waals surface area contributed by atoms with Crippen LogP contribution in [0, 0.1) is 10.7 Å². The van der Waals surface area contributed by atoms with Gasteiger partial charge in [0, 0.05) is 11.3 Å². The van der Waals surface area contributed by atoms with Crippen molar-refractivity contribution in [3.8, 4) is 5.40 Å². The normalized spacial score (nSPS) is 10.6. The van der Waals surface area contributed by atoms with Crippen LogP contribution in [0.1, 0.15) is 5.56 Å². The van der Waals surface area contributed by atoms with E-state index in [-0.39, 0.29) is 0 Å². The van der Waals surface area contributed by atoms with Crippen molar-refractivity contribution in [2.24, 2.45) is 0 Å². The van der Waals surface area contributed by atoms with Gasteiger partial charge in [-0.15, -0.1) is 0 Å². The number of nitrogens with zero attached hydrogens (tertiary/aromatic N) is 1. The predicted octanol–water partition coefficient (Wildman–Crippen LogP) is 2.46. The molecule has 1 rings (SSSR count). The molecule has 0 fully saturated rings. The predicted molar refractivity (Wildman–Crippen MR) is 64.5 cm³/mol. The highest BCUT2D eigenvalue weighted by Crippen LogP contribution is 2.13. The zero-order valence-electron chi connectivity index (χ0n) is 8.84. The van der Waals surface area contributed by atoms with E-state index in [1.807, 2.05) is 35.7 Å². The molecule has 82 valence electrons. The third kappa shape index (κ3) is 3.79.